The molecule has 2 aromatic carbocycles. The van der Waals surface area contributed by atoms with Crippen LogP contribution in [0, 0.1) is 6.92 Å². The van der Waals surface area contributed by atoms with E-state index < -0.39 is 0 Å². The lowest BCUT2D eigenvalue weighted by atomic mass is 10.1. The van der Waals surface area contributed by atoms with Gasteiger partial charge in [-0.2, -0.15) is 0 Å². The lowest BCUT2D eigenvalue weighted by Crippen LogP contribution is -1.95. The van der Waals surface area contributed by atoms with Crippen LogP contribution >= 0.6 is 24.0 Å². The van der Waals surface area contributed by atoms with Crippen LogP contribution in [0.4, 0.5) is 0 Å². The molecule has 0 atom stereocenters. The summed E-state index contributed by atoms with van der Waals surface area (Å²) in [6.45, 7) is 2.13. The summed E-state index contributed by atoms with van der Waals surface area (Å²) in [7, 11) is 0. The number of aryl methyl sites for hydroxylation is 3. The largest absolute Gasteiger partial charge is 0.361 e. The first-order valence-electron chi connectivity index (χ1n) is 8.48. The van der Waals surface area contributed by atoms with Gasteiger partial charge in [0.2, 0.25) is 0 Å². The van der Waals surface area contributed by atoms with Gasteiger partial charge in [-0.15, -0.1) is 11.8 Å². The molecule has 3 rings (SSSR count). The van der Waals surface area contributed by atoms with Crippen LogP contribution in [0.3, 0.4) is 0 Å². The molecule has 24 heavy (non-hydrogen) atoms. The van der Waals surface area contributed by atoms with Gasteiger partial charge in [-0.1, -0.05) is 60.2 Å². The molecule has 0 aliphatic heterocycles. The molecule has 0 fully saturated rings. The van der Waals surface area contributed by atoms with Crippen molar-refractivity contribution in [2.45, 2.75) is 32.6 Å². The Morgan fingerprint density at radius 1 is 1.04 bits per heavy atom. The van der Waals surface area contributed by atoms with Gasteiger partial charge in [0.1, 0.15) is 0 Å². The van der Waals surface area contributed by atoms with Gasteiger partial charge in [0.05, 0.1) is 0 Å². The standard InChI is InChI=1S/C21H23NS2/c1-16-9-11-17(12-10-16)13-14-24-21(23)8-4-5-18-15-22-20-7-3-2-6-19(18)20/h2-3,6-7,9-12,15,22H,4-5,8,13-14H2,1H3. The summed E-state index contributed by atoms with van der Waals surface area (Å²) < 4.78 is 1.14. The zero-order valence-electron chi connectivity index (χ0n) is 14.0. The van der Waals surface area contributed by atoms with Crippen LogP contribution < -0.4 is 0 Å². The van der Waals surface area contributed by atoms with Crippen LogP contribution in [0.5, 0.6) is 0 Å². The molecule has 0 saturated heterocycles. The number of fused-ring (bicyclic) bond motifs is 1. The van der Waals surface area contributed by atoms with Crippen molar-refractivity contribution in [3.8, 4) is 0 Å². The predicted octanol–water partition coefficient (Wildman–Crippen LogP) is 6.10. The Kier molecular flexibility index (Phi) is 6.11. The van der Waals surface area contributed by atoms with Gasteiger partial charge in [0, 0.05) is 27.0 Å². The topological polar surface area (TPSA) is 15.8 Å². The third-order valence-electron chi connectivity index (χ3n) is 4.28. The molecule has 0 aliphatic carbocycles. The second-order valence-electron chi connectivity index (χ2n) is 6.17. The number of hydrogen-bond donors (Lipinski definition) is 1. The fourth-order valence-electron chi connectivity index (χ4n) is 2.87. The number of thioether (sulfide) groups is 1. The highest BCUT2D eigenvalue weighted by molar-refractivity contribution is 8.23. The number of aromatic amines is 1. The van der Waals surface area contributed by atoms with E-state index in [1.165, 1.54) is 27.6 Å². The minimum Gasteiger partial charge on any atom is -0.361 e. The molecule has 3 aromatic rings. The molecule has 0 unspecified atom stereocenters. The molecule has 0 saturated carbocycles. The van der Waals surface area contributed by atoms with Crippen molar-refractivity contribution >= 4 is 39.1 Å². The van der Waals surface area contributed by atoms with Crippen LogP contribution in [0.2, 0.25) is 0 Å². The average molecular weight is 354 g/mol. The minimum absolute atomic E-state index is 1.02. The van der Waals surface area contributed by atoms with Crippen molar-refractivity contribution in [3.63, 3.8) is 0 Å². The molecule has 3 heteroatoms. The van der Waals surface area contributed by atoms with Gasteiger partial charge >= 0.3 is 0 Å². The molecule has 1 nitrogen and oxygen atoms in total. The fraction of sp³-hybridized carbons (Fsp3) is 0.286. The number of thiocarbonyl (C=S) groups is 1. The summed E-state index contributed by atoms with van der Waals surface area (Å²) >= 11 is 7.38. The van der Waals surface area contributed by atoms with Crippen molar-refractivity contribution in [1.29, 1.82) is 0 Å². The summed E-state index contributed by atoms with van der Waals surface area (Å²) in [6.07, 6.45) is 6.46. The van der Waals surface area contributed by atoms with E-state index in [1.54, 1.807) is 0 Å². The minimum atomic E-state index is 1.02. The SMILES string of the molecule is Cc1ccc(CCSC(=S)CCCc2c[nH]c3ccccc23)cc1. The number of benzene rings is 2. The summed E-state index contributed by atoms with van der Waals surface area (Å²) in [5.74, 6) is 1.08. The Labute approximate surface area is 153 Å². The number of hydrogen-bond acceptors (Lipinski definition) is 2. The molecule has 0 aliphatic rings. The van der Waals surface area contributed by atoms with Crippen LogP contribution in [0.25, 0.3) is 10.9 Å². The monoisotopic (exact) mass is 353 g/mol. The maximum absolute atomic E-state index is 5.54. The Morgan fingerprint density at radius 3 is 2.67 bits per heavy atom. The van der Waals surface area contributed by atoms with Crippen molar-refractivity contribution in [2.24, 2.45) is 0 Å². The third-order valence-corrected chi connectivity index (χ3v) is 5.77. The first-order valence-corrected chi connectivity index (χ1v) is 9.88. The summed E-state index contributed by atoms with van der Waals surface area (Å²) in [4.78, 5) is 3.34. The molecule has 1 aromatic heterocycles. The van der Waals surface area contributed by atoms with Crippen LogP contribution in [0.1, 0.15) is 29.5 Å². The first kappa shape index (κ1) is 17.2. The highest BCUT2D eigenvalue weighted by atomic mass is 32.2. The lowest BCUT2D eigenvalue weighted by molar-refractivity contribution is 0.882. The molecule has 0 bridgehead atoms. The number of aromatic nitrogens is 1. The third kappa shape index (κ3) is 4.71. The second kappa shape index (κ2) is 8.50. The van der Waals surface area contributed by atoms with Crippen LogP contribution in [-0.2, 0) is 12.8 Å². The first-order chi connectivity index (χ1) is 11.7. The fourth-order valence-corrected chi connectivity index (χ4v) is 4.12. The Morgan fingerprint density at radius 2 is 1.83 bits per heavy atom. The number of nitrogens with one attached hydrogen (secondary N) is 1. The van der Waals surface area contributed by atoms with E-state index in [1.807, 2.05) is 11.8 Å². The van der Waals surface area contributed by atoms with E-state index in [2.05, 4.69) is 66.6 Å². The lowest BCUT2D eigenvalue weighted by Gasteiger charge is -2.05. The number of rotatable bonds is 7. The quantitative estimate of drug-likeness (QED) is 0.516. The average Bonchev–Trinajstić information content (AvgIpc) is 3.00. The smallest absolute Gasteiger partial charge is 0.0478 e. The van der Waals surface area contributed by atoms with Gasteiger partial charge in [0.15, 0.2) is 0 Å². The van der Waals surface area contributed by atoms with E-state index in [0.29, 0.717) is 0 Å². The van der Waals surface area contributed by atoms with E-state index in [4.69, 9.17) is 12.2 Å². The van der Waals surface area contributed by atoms with Crippen molar-refractivity contribution in [2.75, 3.05) is 5.75 Å². The maximum atomic E-state index is 5.54. The highest BCUT2D eigenvalue weighted by Crippen LogP contribution is 2.21. The molecule has 0 amide bonds. The summed E-state index contributed by atoms with van der Waals surface area (Å²) in [5.41, 5.74) is 5.34. The molecular weight excluding hydrogens is 330 g/mol. The Bertz CT molecular complexity index is 802. The van der Waals surface area contributed by atoms with Gasteiger partial charge in [-0.3, -0.25) is 0 Å². The molecule has 1 heterocycles. The molecule has 0 radical (unpaired) electrons. The Hall–Kier alpha value is -1.58. The maximum Gasteiger partial charge on any atom is 0.0478 e. The van der Waals surface area contributed by atoms with Crippen molar-refractivity contribution < 1.29 is 0 Å². The van der Waals surface area contributed by atoms with Crippen LogP contribution in [-0.4, -0.2) is 14.9 Å². The van der Waals surface area contributed by atoms with Gasteiger partial charge in [-0.25, -0.2) is 0 Å². The number of para-hydroxylation sites is 1. The second-order valence-corrected chi connectivity index (χ2v) is 8.11. The molecule has 0 spiro atoms. The zero-order valence-corrected chi connectivity index (χ0v) is 15.7. The summed E-state index contributed by atoms with van der Waals surface area (Å²) in [5, 5.41) is 1.34. The molecular formula is C21H23NS2. The number of H-pyrrole nitrogens is 1. The molecule has 124 valence electrons. The van der Waals surface area contributed by atoms with Crippen molar-refractivity contribution in [1.82, 2.24) is 4.98 Å². The summed E-state index contributed by atoms with van der Waals surface area (Å²) in [6, 6.07) is 17.3. The highest BCUT2D eigenvalue weighted by Gasteiger charge is 2.04. The zero-order chi connectivity index (χ0) is 16.8. The Balaban J connectivity index is 1.39. The van der Waals surface area contributed by atoms with Gasteiger partial charge in [0.25, 0.3) is 0 Å². The van der Waals surface area contributed by atoms with Gasteiger partial charge in [-0.05, 0) is 49.8 Å². The van der Waals surface area contributed by atoms with Crippen LogP contribution in [0.15, 0.2) is 54.7 Å². The van der Waals surface area contributed by atoms with E-state index >= 15 is 0 Å². The van der Waals surface area contributed by atoms with E-state index in [-0.39, 0.29) is 0 Å². The predicted molar refractivity (Wildman–Crippen MR) is 111 cm³/mol. The van der Waals surface area contributed by atoms with E-state index in [0.717, 1.165) is 35.6 Å². The molecule has 1 N–H and O–H groups in total. The van der Waals surface area contributed by atoms with E-state index in [9.17, 15) is 0 Å². The van der Waals surface area contributed by atoms with Gasteiger partial charge < -0.3 is 4.98 Å². The van der Waals surface area contributed by atoms with Crippen molar-refractivity contribution in [3.05, 3.63) is 71.4 Å². The normalized spacial score (nSPS) is 11.0.